The van der Waals surface area contributed by atoms with Crippen molar-refractivity contribution in [3.63, 3.8) is 0 Å². The summed E-state index contributed by atoms with van der Waals surface area (Å²) in [6.07, 6.45) is 2.51. The molecule has 0 unspecified atom stereocenters. The maximum Gasteiger partial charge on any atom is 0.260 e. The Morgan fingerprint density at radius 2 is 1.92 bits per heavy atom. The monoisotopic (exact) mass is 539 g/mol. The Labute approximate surface area is 218 Å². The average molecular weight is 540 g/mol. The summed E-state index contributed by atoms with van der Waals surface area (Å²) < 4.78 is 57.1. The lowest BCUT2D eigenvalue weighted by Gasteiger charge is -2.41. The van der Waals surface area contributed by atoms with Crippen molar-refractivity contribution in [2.45, 2.75) is 45.1 Å². The number of fused-ring (bicyclic) bond motifs is 1. The Balaban J connectivity index is 0.000000209. The second-order valence-electron chi connectivity index (χ2n) is 8.91. The van der Waals surface area contributed by atoms with Gasteiger partial charge in [0, 0.05) is 13.5 Å². The highest BCUT2D eigenvalue weighted by molar-refractivity contribution is 5.87. The topological polar surface area (TPSA) is 132 Å². The molecular formula is C24H33F4N9O. The van der Waals surface area contributed by atoms with Crippen molar-refractivity contribution >= 4 is 23.0 Å². The molecular weight excluding hydrogens is 506 g/mol. The van der Waals surface area contributed by atoms with Crippen LogP contribution >= 0.6 is 0 Å². The zero-order valence-electron chi connectivity index (χ0n) is 21.7. The SMILES string of the molecule is CCCF.CN=Nc1ccc(-c2c(F)cn3nc(N)nc(N)c23)nc1C.FC1(F)CCCN(C2COC2)C1. The van der Waals surface area contributed by atoms with Crippen LogP contribution in [0.4, 0.5) is 35.0 Å². The minimum atomic E-state index is -2.46. The molecule has 3 aromatic heterocycles. The van der Waals surface area contributed by atoms with Crippen LogP contribution in [0.3, 0.4) is 0 Å². The number of nitrogens with zero attached hydrogens (tertiary/aromatic N) is 7. The second-order valence-corrected chi connectivity index (χ2v) is 8.91. The number of halogens is 4. The van der Waals surface area contributed by atoms with Crippen molar-refractivity contribution in [3.8, 4) is 11.3 Å². The number of ether oxygens (including phenoxy) is 1. The molecule has 3 aromatic rings. The van der Waals surface area contributed by atoms with Gasteiger partial charge in [0.25, 0.3) is 5.92 Å². The lowest BCUT2D eigenvalue weighted by molar-refractivity contribution is -0.126. The van der Waals surface area contributed by atoms with Crippen molar-refractivity contribution in [2.75, 3.05) is 51.5 Å². The molecule has 10 nitrogen and oxygen atoms in total. The lowest BCUT2D eigenvalue weighted by atomic mass is 10.0. The molecule has 0 amide bonds. The van der Waals surface area contributed by atoms with E-state index in [1.165, 1.54) is 10.7 Å². The van der Waals surface area contributed by atoms with Crippen molar-refractivity contribution in [1.82, 2.24) is 24.5 Å². The van der Waals surface area contributed by atoms with Gasteiger partial charge in [-0.3, -0.25) is 14.3 Å². The lowest BCUT2D eigenvalue weighted by Crippen LogP contribution is -2.55. The van der Waals surface area contributed by atoms with E-state index in [9.17, 15) is 17.6 Å². The average Bonchev–Trinajstić information content (AvgIpc) is 3.15. The Morgan fingerprint density at radius 3 is 2.47 bits per heavy atom. The van der Waals surface area contributed by atoms with Crippen LogP contribution in [0.5, 0.6) is 0 Å². The highest BCUT2D eigenvalue weighted by atomic mass is 19.3. The van der Waals surface area contributed by atoms with Gasteiger partial charge < -0.3 is 16.2 Å². The van der Waals surface area contributed by atoms with E-state index in [-0.39, 0.29) is 43.0 Å². The van der Waals surface area contributed by atoms with Gasteiger partial charge in [0.15, 0.2) is 11.6 Å². The molecule has 208 valence electrons. The maximum absolute atomic E-state index is 14.3. The van der Waals surface area contributed by atoms with E-state index in [0.29, 0.717) is 48.6 Å². The number of likely N-dealkylation sites (tertiary alicyclic amines) is 1. The Hall–Kier alpha value is -3.39. The van der Waals surface area contributed by atoms with Crippen LogP contribution in [0, 0.1) is 12.7 Å². The fourth-order valence-corrected chi connectivity index (χ4v) is 3.99. The van der Waals surface area contributed by atoms with E-state index < -0.39 is 11.7 Å². The molecule has 2 fully saturated rings. The summed E-state index contributed by atoms with van der Waals surface area (Å²) in [7, 11) is 1.57. The van der Waals surface area contributed by atoms with E-state index >= 15 is 0 Å². The number of hydrogen-bond donors (Lipinski definition) is 2. The van der Waals surface area contributed by atoms with Crippen molar-refractivity contribution in [1.29, 1.82) is 0 Å². The molecule has 0 spiro atoms. The predicted molar refractivity (Wildman–Crippen MR) is 137 cm³/mol. The standard InChI is InChI=1S/C13H13FN8.C8H13F2NO.C3H7F/c1-6-8(20-17-2)3-4-9(18-6)10-7(14)5-22-11(10)12(15)19-13(16)21-22;9-8(10)2-1-3-11(6-8)7-4-12-5-7;1-2-3-4/h3-5H,1-2H3,(H4,15,16,19,21);7H,1-6H2;2-3H2,1H3. The van der Waals surface area contributed by atoms with E-state index in [2.05, 4.69) is 25.3 Å². The molecule has 0 atom stereocenters. The molecule has 4 N–H and O–H groups in total. The predicted octanol–water partition coefficient (Wildman–Crippen LogP) is 4.60. The fraction of sp³-hybridized carbons (Fsp3) is 0.542. The number of aryl methyl sites for hydroxylation is 1. The number of piperidine rings is 1. The number of azo groups is 1. The van der Waals surface area contributed by atoms with Gasteiger partial charge in [-0.15, -0.1) is 5.10 Å². The third kappa shape index (κ3) is 7.13. The molecule has 0 saturated carbocycles. The fourth-order valence-electron chi connectivity index (χ4n) is 3.99. The first-order chi connectivity index (χ1) is 18.1. The largest absolute Gasteiger partial charge is 0.382 e. The van der Waals surface area contributed by atoms with Crippen LogP contribution in [0.25, 0.3) is 16.8 Å². The quantitative estimate of drug-likeness (QED) is 0.366. The molecule has 0 bridgehead atoms. The van der Waals surface area contributed by atoms with Gasteiger partial charge in [0.1, 0.15) is 11.2 Å². The van der Waals surface area contributed by atoms with Gasteiger partial charge >= 0.3 is 0 Å². The Morgan fingerprint density at radius 1 is 1.21 bits per heavy atom. The Bertz CT molecular complexity index is 1250. The maximum atomic E-state index is 14.3. The minimum absolute atomic E-state index is 0.0330. The number of nitrogen functional groups attached to an aromatic ring is 2. The van der Waals surface area contributed by atoms with Crippen molar-refractivity contribution in [3.05, 3.63) is 29.8 Å². The summed E-state index contributed by atoms with van der Waals surface area (Å²) in [4.78, 5) is 10.1. The molecule has 5 rings (SSSR count). The highest BCUT2D eigenvalue weighted by Gasteiger charge is 2.39. The van der Waals surface area contributed by atoms with Gasteiger partial charge in [0.2, 0.25) is 5.95 Å². The van der Waals surface area contributed by atoms with E-state index in [1.807, 2.05) is 4.90 Å². The third-order valence-corrected chi connectivity index (χ3v) is 5.90. The molecule has 2 aliphatic rings. The summed E-state index contributed by atoms with van der Waals surface area (Å²) in [5.74, 6) is -2.92. The van der Waals surface area contributed by atoms with Gasteiger partial charge in [-0.25, -0.2) is 17.7 Å². The number of anilines is 2. The van der Waals surface area contributed by atoms with Gasteiger partial charge in [-0.1, -0.05) is 6.92 Å². The summed E-state index contributed by atoms with van der Waals surface area (Å²) in [5.41, 5.74) is 13.6. The van der Waals surface area contributed by atoms with Gasteiger partial charge in [-0.2, -0.15) is 15.2 Å². The van der Waals surface area contributed by atoms with Crippen molar-refractivity contribution < 1.29 is 22.3 Å². The number of hydrogen-bond acceptors (Lipinski definition) is 9. The number of aromatic nitrogens is 4. The van der Waals surface area contributed by atoms with Crippen molar-refractivity contribution in [2.24, 2.45) is 10.2 Å². The number of pyridine rings is 1. The van der Waals surface area contributed by atoms with Crippen LogP contribution < -0.4 is 11.5 Å². The minimum Gasteiger partial charge on any atom is -0.382 e. The number of alkyl halides is 3. The van der Waals surface area contributed by atoms with Crippen LogP contribution in [0.15, 0.2) is 28.6 Å². The molecule has 0 aliphatic carbocycles. The first-order valence-corrected chi connectivity index (χ1v) is 12.2. The molecule has 0 radical (unpaired) electrons. The molecule has 0 aromatic carbocycles. The van der Waals surface area contributed by atoms with Crippen LogP contribution in [0.2, 0.25) is 0 Å². The third-order valence-electron chi connectivity index (χ3n) is 5.90. The molecule has 5 heterocycles. The zero-order chi connectivity index (χ0) is 27.9. The molecule has 38 heavy (non-hydrogen) atoms. The molecule has 2 aliphatic heterocycles. The Kier molecular flexibility index (Phi) is 9.91. The van der Waals surface area contributed by atoms with Gasteiger partial charge in [-0.05, 0) is 38.4 Å². The number of rotatable bonds is 4. The number of nitrogens with two attached hydrogens (primary N) is 2. The smallest absolute Gasteiger partial charge is 0.260 e. The normalized spacial score (nSPS) is 17.4. The zero-order valence-corrected chi connectivity index (χ0v) is 21.7. The van der Waals surface area contributed by atoms with E-state index in [0.717, 1.165) is 6.54 Å². The first kappa shape index (κ1) is 29.2. The highest BCUT2D eigenvalue weighted by Crippen LogP contribution is 2.32. The van der Waals surface area contributed by atoms with E-state index in [1.54, 1.807) is 33.0 Å². The van der Waals surface area contributed by atoms with Crippen LogP contribution in [0.1, 0.15) is 31.9 Å². The summed E-state index contributed by atoms with van der Waals surface area (Å²) in [6.45, 7) is 5.40. The molecule has 2 saturated heterocycles. The molecule has 14 heteroatoms. The van der Waals surface area contributed by atoms with Gasteiger partial charge in [0.05, 0.1) is 55.6 Å². The first-order valence-electron chi connectivity index (χ1n) is 12.2. The second kappa shape index (κ2) is 12.9. The van der Waals surface area contributed by atoms with E-state index in [4.69, 9.17) is 16.2 Å². The van der Waals surface area contributed by atoms with Crippen LogP contribution in [-0.4, -0.2) is 76.5 Å². The van der Waals surface area contributed by atoms with Crippen LogP contribution in [-0.2, 0) is 4.74 Å². The summed E-state index contributed by atoms with van der Waals surface area (Å²) in [6, 6.07) is 3.61. The summed E-state index contributed by atoms with van der Waals surface area (Å²) >= 11 is 0. The summed E-state index contributed by atoms with van der Waals surface area (Å²) in [5, 5.41) is 11.6.